The molecule has 0 N–H and O–H groups in total. The van der Waals surface area contributed by atoms with Gasteiger partial charge in [-0.25, -0.2) is 0 Å². The second kappa shape index (κ2) is 6.16. The van der Waals surface area contributed by atoms with Crippen LogP contribution >= 0.6 is 27.5 Å². The van der Waals surface area contributed by atoms with Crippen LogP contribution < -0.4 is 4.74 Å². The van der Waals surface area contributed by atoms with Gasteiger partial charge in [0.2, 0.25) is 0 Å². The maximum Gasteiger partial charge on any atom is 0.387 e. The number of alkyl halides is 2. The second-order valence-electron chi connectivity index (χ2n) is 2.98. The zero-order valence-corrected chi connectivity index (χ0v) is 11.0. The predicted octanol–water partition coefficient (Wildman–Crippen LogP) is 3.42. The summed E-state index contributed by atoms with van der Waals surface area (Å²) >= 11 is 8.93. The minimum absolute atomic E-state index is 0.00768. The summed E-state index contributed by atoms with van der Waals surface area (Å²) in [5.41, 5.74) is 0.531. The molecule has 0 aliphatic heterocycles. The van der Waals surface area contributed by atoms with E-state index in [1.54, 1.807) is 0 Å². The first-order valence-electron chi connectivity index (χ1n) is 4.44. The van der Waals surface area contributed by atoms with Crippen LogP contribution in [0.2, 0.25) is 5.02 Å². The summed E-state index contributed by atoms with van der Waals surface area (Å²) in [5.74, 6) is -0.605. The fourth-order valence-corrected chi connectivity index (χ4v) is 1.82. The third-order valence-electron chi connectivity index (χ3n) is 1.91. The molecule has 0 saturated carbocycles. The van der Waals surface area contributed by atoms with Crippen LogP contribution in [0.5, 0.6) is 5.75 Å². The van der Waals surface area contributed by atoms with Gasteiger partial charge in [-0.1, -0.05) is 17.7 Å². The molecule has 94 valence electrons. The van der Waals surface area contributed by atoms with Gasteiger partial charge in [0, 0.05) is 4.47 Å². The van der Waals surface area contributed by atoms with Gasteiger partial charge in [-0.3, -0.25) is 4.79 Å². The van der Waals surface area contributed by atoms with E-state index in [1.807, 2.05) is 0 Å². The second-order valence-corrected chi connectivity index (χ2v) is 4.15. The van der Waals surface area contributed by atoms with Crippen molar-refractivity contribution in [2.45, 2.75) is 13.0 Å². The Labute approximate surface area is 110 Å². The molecule has 0 aliphatic rings. The average molecular weight is 330 g/mol. The van der Waals surface area contributed by atoms with Gasteiger partial charge in [0.1, 0.15) is 5.75 Å². The smallest absolute Gasteiger partial charge is 0.387 e. The van der Waals surface area contributed by atoms with E-state index in [9.17, 15) is 13.6 Å². The van der Waals surface area contributed by atoms with Crippen LogP contribution in [0.4, 0.5) is 8.78 Å². The molecule has 0 radical (unpaired) electrons. The third-order valence-corrected chi connectivity index (χ3v) is 3.41. The molecule has 17 heavy (non-hydrogen) atoms. The van der Waals surface area contributed by atoms with Crippen molar-refractivity contribution in [2.75, 3.05) is 7.11 Å². The molecule has 0 aromatic heterocycles. The zero-order valence-electron chi connectivity index (χ0n) is 8.68. The Morgan fingerprint density at radius 1 is 1.53 bits per heavy atom. The molecule has 3 nitrogen and oxygen atoms in total. The largest absolute Gasteiger partial charge is 0.469 e. The summed E-state index contributed by atoms with van der Waals surface area (Å²) in [4.78, 5) is 11.1. The molecule has 0 bridgehead atoms. The Morgan fingerprint density at radius 3 is 2.71 bits per heavy atom. The van der Waals surface area contributed by atoms with Gasteiger partial charge in [0.25, 0.3) is 0 Å². The standard InChI is InChI=1S/C10H8BrClF2O3/c1-16-7(15)4-5-2-3-6(17-10(13)14)9(12)8(5)11/h2-3,10H,4H2,1H3. The fraction of sp³-hybridized carbons (Fsp3) is 0.300. The van der Waals surface area contributed by atoms with Gasteiger partial charge in [-0.2, -0.15) is 8.78 Å². The number of ether oxygens (including phenoxy) is 2. The molecule has 0 amide bonds. The normalized spacial score (nSPS) is 10.5. The monoisotopic (exact) mass is 328 g/mol. The number of carbonyl (C=O) groups is 1. The summed E-state index contributed by atoms with van der Waals surface area (Å²) in [6.45, 7) is -2.95. The molecule has 0 atom stereocenters. The summed E-state index contributed by atoms with van der Waals surface area (Å²) < 4.78 is 33.1. The van der Waals surface area contributed by atoms with Gasteiger partial charge in [-0.15, -0.1) is 0 Å². The predicted molar refractivity (Wildman–Crippen MR) is 61.5 cm³/mol. The lowest BCUT2D eigenvalue weighted by Gasteiger charge is -2.10. The maximum atomic E-state index is 12.0. The van der Waals surface area contributed by atoms with Crippen molar-refractivity contribution < 1.29 is 23.0 Å². The molecular formula is C10H8BrClF2O3. The van der Waals surface area contributed by atoms with Crippen molar-refractivity contribution in [2.24, 2.45) is 0 Å². The Bertz CT molecular complexity index is 426. The highest BCUT2D eigenvalue weighted by Crippen LogP contribution is 2.36. The minimum atomic E-state index is -2.95. The fourth-order valence-electron chi connectivity index (χ4n) is 1.12. The molecule has 0 saturated heterocycles. The van der Waals surface area contributed by atoms with Crippen molar-refractivity contribution in [1.82, 2.24) is 0 Å². The maximum absolute atomic E-state index is 12.0. The van der Waals surface area contributed by atoms with E-state index >= 15 is 0 Å². The molecule has 1 rings (SSSR count). The molecule has 1 aromatic rings. The van der Waals surface area contributed by atoms with Crippen molar-refractivity contribution in [3.8, 4) is 5.75 Å². The van der Waals surface area contributed by atoms with Crippen LogP contribution in [0.3, 0.4) is 0 Å². The highest BCUT2D eigenvalue weighted by Gasteiger charge is 2.15. The van der Waals surface area contributed by atoms with Crippen molar-refractivity contribution in [1.29, 1.82) is 0 Å². The lowest BCUT2D eigenvalue weighted by Crippen LogP contribution is -2.06. The summed E-state index contributed by atoms with van der Waals surface area (Å²) in [6.07, 6.45) is -0.00817. The van der Waals surface area contributed by atoms with E-state index < -0.39 is 12.6 Å². The van der Waals surface area contributed by atoms with E-state index in [0.717, 1.165) is 0 Å². The van der Waals surface area contributed by atoms with Crippen molar-refractivity contribution >= 4 is 33.5 Å². The number of methoxy groups -OCH3 is 1. The number of hydrogen-bond acceptors (Lipinski definition) is 3. The molecule has 0 fully saturated rings. The molecule has 0 heterocycles. The third kappa shape index (κ3) is 3.81. The quantitative estimate of drug-likeness (QED) is 0.794. The Morgan fingerprint density at radius 2 is 2.18 bits per heavy atom. The summed E-state index contributed by atoms with van der Waals surface area (Å²) in [6, 6.07) is 2.74. The van der Waals surface area contributed by atoms with Crippen molar-refractivity contribution in [3.63, 3.8) is 0 Å². The highest BCUT2D eigenvalue weighted by atomic mass is 79.9. The van der Waals surface area contributed by atoms with Gasteiger partial charge in [0.05, 0.1) is 18.6 Å². The van der Waals surface area contributed by atoms with E-state index in [1.165, 1.54) is 19.2 Å². The van der Waals surface area contributed by atoms with Gasteiger partial charge in [-0.05, 0) is 27.6 Å². The summed E-state index contributed by atoms with van der Waals surface area (Å²) in [5, 5.41) is -0.00768. The van der Waals surface area contributed by atoms with Crippen LogP contribution in [0.1, 0.15) is 5.56 Å². The topological polar surface area (TPSA) is 35.5 Å². The average Bonchev–Trinajstić information content (AvgIpc) is 2.28. The lowest BCUT2D eigenvalue weighted by molar-refractivity contribution is -0.139. The number of benzene rings is 1. The first kappa shape index (κ1) is 14.2. The van der Waals surface area contributed by atoms with Crippen LogP contribution in [0, 0.1) is 0 Å². The first-order chi connectivity index (χ1) is 7.95. The SMILES string of the molecule is COC(=O)Cc1ccc(OC(F)F)c(Cl)c1Br. The highest BCUT2D eigenvalue weighted by molar-refractivity contribution is 9.10. The van der Waals surface area contributed by atoms with E-state index in [-0.39, 0.29) is 17.2 Å². The Kier molecular flexibility index (Phi) is 5.14. The minimum Gasteiger partial charge on any atom is -0.469 e. The Hall–Kier alpha value is -0.880. The molecule has 0 spiro atoms. The number of halogens is 4. The number of rotatable bonds is 4. The summed E-state index contributed by atoms with van der Waals surface area (Å²) in [7, 11) is 1.26. The number of hydrogen-bond donors (Lipinski definition) is 0. The molecule has 1 aromatic carbocycles. The van der Waals surface area contributed by atoms with Crippen LogP contribution in [0.25, 0.3) is 0 Å². The molecular weight excluding hydrogens is 321 g/mol. The van der Waals surface area contributed by atoms with Crippen LogP contribution in [-0.2, 0) is 16.0 Å². The Balaban J connectivity index is 2.98. The van der Waals surface area contributed by atoms with Gasteiger partial charge < -0.3 is 9.47 Å². The molecule has 0 unspecified atom stereocenters. The number of carbonyl (C=O) groups excluding carboxylic acids is 1. The molecule has 0 aliphatic carbocycles. The zero-order chi connectivity index (χ0) is 13.0. The van der Waals surface area contributed by atoms with Crippen molar-refractivity contribution in [3.05, 3.63) is 27.2 Å². The van der Waals surface area contributed by atoms with Gasteiger partial charge >= 0.3 is 12.6 Å². The van der Waals surface area contributed by atoms with Gasteiger partial charge in [0.15, 0.2) is 0 Å². The van der Waals surface area contributed by atoms with E-state index in [4.69, 9.17) is 11.6 Å². The lowest BCUT2D eigenvalue weighted by atomic mass is 10.1. The van der Waals surface area contributed by atoms with Crippen LogP contribution in [0.15, 0.2) is 16.6 Å². The van der Waals surface area contributed by atoms with E-state index in [2.05, 4.69) is 25.4 Å². The number of esters is 1. The van der Waals surface area contributed by atoms with E-state index in [0.29, 0.717) is 10.0 Å². The molecule has 7 heteroatoms. The first-order valence-corrected chi connectivity index (χ1v) is 5.61. The van der Waals surface area contributed by atoms with Crippen LogP contribution in [-0.4, -0.2) is 19.7 Å².